The minimum absolute atomic E-state index is 0.686. The minimum atomic E-state index is 0.686. The third-order valence-electron chi connectivity index (χ3n) is 6.84. The molecule has 0 unspecified atom stereocenters. The molecule has 0 aromatic heterocycles. The van der Waals surface area contributed by atoms with Crippen LogP contribution in [0.4, 0.5) is 0 Å². The van der Waals surface area contributed by atoms with Gasteiger partial charge in [-0.15, -0.1) is 0 Å². The minimum Gasteiger partial charge on any atom is -0.496 e. The maximum absolute atomic E-state index is 5.65. The van der Waals surface area contributed by atoms with E-state index in [-0.39, 0.29) is 0 Å². The fraction of sp³-hybridized carbons (Fsp3) is 0.714. The monoisotopic (exact) mass is 313 g/mol. The van der Waals surface area contributed by atoms with E-state index < -0.39 is 0 Å². The number of aryl methyl sites for hydroxylation is 1. The number of nitrogens with zero attached hydrogens (tertiary/aromatic N) is 1. The van der Waals surface area contributed by atoms with E-state index in [4.69, 9.17) is 4.74 Å². The van der Waals surface area contributed by atoms with Crippen LogP contribution in [0.1, 0.15) is 62.5 Å². The summed E-state index contributed by atoms with van der Waals surface area (Å²) in [6, 6.07) is 7.71. The molecular weight excluding hydrogens is 282 g/mol. The van der Waals surface area contributed by atoms with Crippen LogP contribution in [0.3, 0.4) is 0 Å². The molecule has 0 N–H and O–H groups in total. The summed E-state index contributed by atoms with van der Waals surface area (Å²) in [5, 5.41) is 0. The van der Waals surface area contributed by atoms with Crippen molar-refractivity contribution in [1.29, 1.82) is 0 Å². The van der Waals surface area contributed by atoms with Gasteiger partial charge in [0, 0.05) is 6.04 Å². The van der Waals surface area contributed by atoms with Crippen molar-refractivity contribution >= 4 is 0 Å². The molecule has 2 saturated carbocycles. The van der Waals surface area contributed by atoms with Crippen LogP contribution in [0.15, 0.2) is 18.2 Å². The average Bonchev–Trinajstić information content (AvgIpc) is 3.24. The van der Waals surface area contributed by atoms with Gasteiger partial charge in [-0.1, -0.05) is 25.5 Å². The van der Waals surface area contributed by atoms with Crippen LogP contribution in [0.5, 0.6) is 5.75 Å². The highest BCUT2D eigenvalue weighted by atomic mass is 16.5. The molecule has 4 rings (SSSR count). The van der Waals surface area contributed by atoms with E-state index in [0.29, 0.717) is 5.92 Å². The third kappa shape index (κ3) is 2.91. The van der Waals surface area contributed by atoms with Gasteiger partial charge in [0.2, 0.25) is 0 Å². The van der Waals surface area contributed by atoms with Crippen molar-refractivity contribution in [3.63, 3.8) is 0 Å². The van der Waals surface area contributed by atoms with Crippen molar-refractivity contribution in [2.24, 2.45) is 11.8 Å². The first kappa shape index (κ1) is 15.5. The average molecular weight is 313 g/mol. The van der Waals surface area contributed by atoms with Crippen molar-refractivity contribution in [2.45, 2.75) is 63.8 Å². The Bertz CT molecular complexity index is 547. The van der Waals surface area contributed by atoms with Crippen molar-refractivity contribution in [1.82, 2.24) is 4.90 Å². The molecule has 23 heavy (non-hydrogen) atoms. The van der Waals surface area contributed by atoms with E-state index in [9.17, 15) is 0 Å². The van der Waals surface area contributed by atoms with E-state index in [2.05, 4.69) is 30.0 Å². The number of fused-ring (bicyclic) bond motifs is 2. The van der Waals surface area contributed by atoms with Crippen LogP contribution in [0, 0.1) is 11.8 Å². The molecule has 2 nitrogen and oxygen atoms in total. The molecule has 2 bridgehead atoms. The largest absolute Gasteiger partial charge is 0.496 e. The van der Waals surface area contributed by atoms with Gasteiger partial charge in [-0.2, -0.15) is 0 Å². The Morgan fingerprint density at radius 1 is 1.09 bits per heavy atom. The Hall–Kier alpha value is -1.02. The Kier molecular flexibility index (Phi) is 4.36. The normalized spacial score (nSPS) is 31.7. The second-order valence-electron chi connectivity index (χ2n) is 7.98. The lowest BCUT2D eigenvalue weighted by Crippen LogP contribution is -2.43. The Morgan fingerprint density at radius 3 is 2.52 bits per heavy atom. The third-order valence-corrected chi connectivity index (χ3v) is 6.84. The zero-order valence-electron chi connectivity index (χ0n) is 14.8. The van der Waals surface area contributed by atoms with E-state index in [0.717, 1.165) is 30.0 Å². The Balaban J connectivity index is 1.43. The van der Waals surface area contributed by atoms with Gasteiger partial charge >= 0.3 is 0 Å². The van der Waals surface area contributed by atoms with Crippen molar-refractivity contribution in [3.8, 4) is 5.75 Å². The summed E-state index contributed by atoms with van der Waals surface area (Å²) in [4.78, 5) is 2.83. The van der Waals surface area contributed by atoms with E-state index in [1.807, 2.05) is 7.11 Å². The van der Waals surface area contributed by atoms with Gasteiger partial charge in [-0.3, -0.25) is 0 Å². The first-order valence-corrected chi connectivity index (χ1v) is 9.69. The molecule has 3 atom stereocenters. The summed E-state index contributed by atoms with van der Waals surface area (Å²) in [6.45, 7) is 4.82. The quantitative estimate of drug-likeness (QED) is 0.804. The fourth-order valence-corrected chi connectivity index (χ4v) is 5.52. The second kappa shape index (κ2) is 6.47. The van der Waals surface area contributed by atoms with Gasteiger partial charge in [0.15, 0.2) is 0 Å². The fourth-order valence-electron chi connectivity index (χ4n) is 5.52. The number of likely N-dealkylation sites (tertiary alicyclic amines) is 1. The maximum Gasteiger partial charge on any atom is 0.122 e. The smallest absolute Gasteiger partial charge is 0.122 e. The highest BCUT2D eigenvalue weighted by Crippen LogP contribution is 2.47. The zero-order valence-corrected chi connectivity index (χ0v) is 14.8. The molecule has 0 amide bonds. The van der Waals surface area contributed by atoms with Gasteiger partial charge in [0.1, 0.15) is 5.75 Å². The van der Waals surface area contributed by atoms with E-state index in [1.54, 1.807) is 0 Å². The van der Waals surface area contributed by atoms with Crippen LogP contribution in [-0.4, -0.2) is 31.1 Å². The van der Waals surface area contributed by atoms with Crippen molar-refractivity contribution in [3.05, 3.63) is 29.3 Å². The van der Waals surface area contributed by atoms with Crippen LogP contribution in [-0.2, 0) is 6.42 Å². The first-order valence-electron chi connectivity index (χ1n) is 9.69. The topological polar surface area (TPSA) is 12.5 Å². The highest BCUT2D eigenvalue weighted by Gasteiger charge is 2.43. The van der Waals surface area contributed by atoms with Crippen LogP contribution in [0.25, 0.3) is 0 Å². The summed E-state index contributed by atoms with van der Waals surface area (Å²) in [5.74, 6) is 3.87. The summed E-state index contributed by atoms with van der Waals surface area (Å²) >= 11 is 0. The van der Waals surface area contributed by atoms with Crippen molar-refractivity contribution < 1.29 is 4.74 Å². The summed E-state index contributed by atoms with van der Waals surface area (Å²) in [6.07, 6.45) is 9.75. The number of methoxy groups -OCH3 is 1. The van der Waals surface area contributed by atoms with E-state index >= 15 is 0 Å². The lowest BCUT2D eigenvalue weighted by atomic mass is 9.85. The van der Waals surface area contributed by atoms with Gasteiger partial charge in [0.05, 0.1) is 7.11 Å². The van der Waals surface area contributed by atoms with Gasteiger partial charge < -0.3 is 9.64 Å². The molecule has 2 aliphatic carbocycles. The number of benzene rings is 1. The lowest BCUT2D eigenvalue weighted by molar-refractivity contribution is 0.110. The molecule has 1 aliphatic heterocycles. The highest BCUT2D eigenvalue weighted by molar-refractivity contribution is 5.40. The van der Waals surface area contributed by atoms with Gasteiger partial charge in [0.25, 0.3) is 0 Å². The molecule has 1 aromatic rings. The SMILES string of the molecule is CCc1ccc(OC)c(C2CCN([C@H]3C[C@H]4CC[C@H]3C4)CC2)c1. The van der Waals surface area contributed by atoms with Crippen LogP contribution < -0.4 is 4.74 Å². The molecule has 3 fully saturated rings. The summed E-state index contributed by atoms with van der Waals surface area (Å²) < 4.78 is 5.65. The number of piperidine rings is 1. The van der Waals surface area contributed by atoms with E-state index in [1.165, 1.54) is 62.7 Å². The standard InChI is InChI=1S/C21H31NO/c1-3-15-5-7-21(23-2)19(13-15)17-8-10-22(11-9-17)20-14-16-4-6-18(20)12-16/h5,7,13,16-18,20H,3-4,6,8-12,14H2,1-2H3/t16-,18-,20-/m0/s1. The Morgan fingerprint density at radius 2 is 1.91 bits per heavy atom. The number of hydrogen-bond donors (Lipinski definition) is 0. The molecule has 0 spiro atoms. The molecular formula is C21H31NO. The molecule has 0 radical (unpaired) electrons. The predicted molar refractivity (Wildman–Crippen MR) is 95.2 cm³/mol. The lowest BCUT2D eigenvalue weighted by Gasteiger charge is -2.40. The number of rotatable bonds is 4. The summed E-state index contributed by atoms with van der Waals surface area (Å²) in [5.41, 5.74) is 2.90. The molecule has 1 heterocycles. The zero-order chi connectivity index (χ0) is 15.8. The Labute approximate surface area is 141 Å². The molecule has 2 heteroatoms. The molecule has 1 saturated heterocycles. The number of hydrogen-bond acceptors (Lipinski definition) is 2. The summed E-state index contributed by atoms with van der Waals surface area (Å²) in [7, 11) is 1.81. The second-order valence-corrected chi connectivity index (χ2v) is 7.98. The van der Waals surface area contributed by atoms with Gasteiger partial charge in [-0.05, 0) is 86.6 Å². The number of ether oxygens (including phenoxy) is 1. The molecule has 126 valence electrons. The maximum atomic E-state index is 5.65. The van der Waals surface area contributed by atoms with Crippen LogP contribution in [0.2, 0.25) is 0 Å². The van der Waals surface area contributed by atoms with Gasteiger partial charge in [-0.25, -0.2) is 0 Å². The predicted octanol–water partition coefficient (Wildman–Crippen LogP) is 4.63. The first-order chi connectivity index (χ1) is 11.3. The van der Waals surface area contributed by atoms with Crippen molar-refractivity contribution in [2.75, 3.05) is 20.2 Å². The molecule has 3 aliphatic rings. The van der Waals surface area contributed by atoms with Crippen LogP contribution >= 0.6 is 0 Å². The molecule has 1 aromatic carbocycles.